The average Bonchev–Trinajstić information content (AvgIpc) is 3.79. The molecule has 244 valence electrons. The number of para-hydroxylation sites is 2. The first-order valence-electron chi connectivity index (χ1n) is 18.0. The Balaban J connectivity index is 1.15. The second-order valence-electron chi connectivity index (χ2n) is 13.7. The molecule has 0 bridgehead atoms. The predicted octanol–water partition coefficient (Wildman–Crippen LogP) is 13.4. The monoisotopic (exact) mass is 664 g/mol. The molecule has 52 heavy (non-hydrogen) atoms. The molecule has 0 spiro atoms. The van der Waals surface area contributed by atoms with Crippen molar-refractivity contribution < 1.29 is 4.42 Å². The van der Waals surface area contributed by atoms with Crippen LogP contribution in [0.3, 0.4) is 0 Å². The second-order valence-corrected chi connectivity index (χ2v) is 13.7. The molecule has 0 amide bonds. The summed E-state index contributed by atoms with van der Waals surface area (Å²) in [4.78, 5) is 4.93. The quantitative estimate of drug-likeness (QED) is 0.138. The number of benzene rings is 9. The topological polar surface area (TPSA) is 31.0 Å². The van der Waals surface area contributed by atoms with Crippen LogP contribution in [0.1, 0.15) is 12.7 Å². The molecular weight excluding hydrogens is 633 g/mol. The van der Waals surface area contributed by atoms with Crippen molar-refractivity contribution in [1.82, 2.24) is 9.55 Å². The van der Waals surface area contributed by atoms with Gasteiger partial charge in [-0.2, -0.15) is 0 Å². The molecule has 0 atom stereocenters. The number of fused-ring (bicyclic) bond motifs is 11. The third-order valence-electron chi connectivity index (χ3n) is 10.9. The maximum absolute atomic E-state index is 6.69. The molecule has 0 unspecified atom stereocenters. The third-order valence-corrected chi connectivity index (χ3v) is 10.9. The summed E-state index contributed by atoms with van der Waals surface area (Å²) in [6, 6.07) is 59.2. The van der Waals surface area contributed by atoms with Crippen molar-refractivity contribution in [2.45, 2.75) is 13.3 Å². The van der Waals surface area contributed by atoms with Crippen LogP contribution in [0.5, 0.6) is 0 Å². The molecule has 0 aliphatic carbocycles. The van der Waals surface area contributed by atoms with Gasteiger partial charge in [0.25, 0.3) is 0 Å². The number of rotatable bonds is 4. The van der Waals surface area contributed by atoms with E-state index in [1.807, 2.05) is 0 Å². The van der Waals surface area contributed by atoms with Gasteiger partial charge in [-0.3, -0.25) is 4.57 Å². The van der Waals surface area contributed by atoms with E-state index in [-0.39, 0.29) is 0 Å². The Bertz CT molecular complexity index is 3160. The fraction of sp³-hybridized carbons (Fsp3) is 0.0408. The number of nitrogens with zero attached hydrogens (tertiary/aromatic N) is 2. The molecular formula is C49H32N2O. The van der Waals surface area contributed by atoms with Crippen LogP contribution in [-0.2, 0) is 6.42 Å². The van der Waals surface area contributed by atoms with E-state index < -0.39 is 0 Å². The molecule has 0 aliphatic rings. The van der Waals surface area contributed by atoms with Gasteiger partial charge in [0.2, 0.25) is 0 Å². The van der Waals surface area contributed by atoms with Gasteiger partial charge >= 0.3 is 0 Å². The number of aromatic nitrogens is 2. The molecule has 0 aliphatic heterocycles. The van der Waals surface area contributed by atoms with Gasteiger partial charge in [0.15, 0.2) is 0 Å². The molecule has 0 saturated heterocycles. The summed E-state index contributed by atoms with van der Waals surface area (Å²) in [5.41, 5.74) is 10.0. The highest BCUT2D eigenvalue weighted by atomic mass is 16.3. The molecule has 3 nitrogen and oxygen atoms in total. The zero-order chi connectivity index (χ0) is 34.3. The van der Waals surface area contributed by atoms with Crippen molar-refractivity contribution >= 4 is 76.1 Å². The maximum Gasteiger partial charge on any atom is 0.143 e. The van der Waals surface area contributed by atoms with Crippen LogP contribution in [0.2, 0.25) is 0 Å². The fourth-order valence-corrected chi connectivity index (χ4v) is 8.69. The van der Waals surface area contributed by atoms with Crippen LogP contribution in [0.25, 0.3) is 104 Å². The first kappa shape index (κ1) is 29.1. The number of aryl methyl sites for hydroxylation is 1. The summed E-state index contributed by atoms with van der Waals surface area (Å²) < 4.78 is 8.98. The number of imidazole rings is 1. The van der Waals surface area contributed by atoms with Crippen LogP contribution in [0, 0.1) is 0 Å². The van der Waals surface area contributed by atoms with Crippen LogP contribution >= 0.6 is 0 Å². The lowest BCUT2D eigenvalue weighted by Crippen LogP contribution is -2.00. The molecule has 11 rings (SSSR count). The second kappa shape index (κ2) is 11.1. The van der Waals surface area contributed by atoms with Crippen molar-refractivity contribution in [3.05, 3.63) is 170 Å². The maximum atomic E-state index is 6.69. The van der Waals surface area contributed by atoms with Crippen molar-refractivity contribution in [2.24, 2.45) is 0 Å². The normalized spacial score (nSPS) is 12.0. The van der Waals surface area contributed by atoms with Crippen molar-refractivity contribution in [3.63, 3.8) is 0 Å². The van der Waals surface area contributed by atoms with Gasteiger partial charge in [0.1, 0.15) is 17.0 Å². The Morgan fingerprint density at radius 3 is 1.65 bits per heavy atom. The van der Waals surface area contributed by atoms with Crippen molar-refractivity contribution in [3.8, 4) is 27.9 Å². The summed E-state index contributed by atoms with van der Waals surface area (Å²) in [6.07, 6.45) is 0.861. The van der Waals surface area contributed by atoms with E-state index in [1.165, 1.54) is 65.3 Å². The fourth-order valence-electron chi connectivity index (χ4n) is 8.69. The Hall–Kier alpha value is -6.71. The molecule has 0 radical (unpaired) electrons. The molecule has 11 aromatic rings. The van der Waals surface area contributed by atoms with Gasteiger partial charge in [-0.1, -0.05) is 134 Å². The minimum absolute atomic E-state index is 0.861. The van der Waals surface area contributed by atoms with E-state index in [0.29, 0.717) is 0 Å². The lowest BCUT2D eigenvalue weighted by atomic mass is 9.85. The Kier molecular flexibility index (Phi) is 6.23. The zero-order valence-corrected chi connectivity index (χ0v) is 28.6. The molecule has 0 N–H and O–H groups in total. The van der Waals surface area contributed by atoms with Crippen LogP contribution in [0.15, 0.2) is 168 Å². The summed E-state index contributed by atoms with van der Waals surface area (Å²) in [5, 5.41) is 12.1. The molecule has 0 saturated carbocycles. The van der Waals surface area contributed by atoms with Crippen LogP contribution in [-0.4, -0.2) is 9.55 Å². The van der Waals surface area contributed by atoms with E-state index in [0.717, 1.165) is 50.9 Å². The van der Waals surface area contributed by atoms with Gasteiger partial charge in [-0.25, -0.2) is 4.98 Å². The third kappa shape index (κ3) is 4.11. The van der Waals surface area contributed by atoms with Gasteiger partial charge in [0.05, 0.1) is 11.0 Å². The summed E-state index contributed by atoms with van der Waals surface area (Å²) in [6.45, 7) is 2.17. The van der Waals surface area contributed by atoms with Crippen molar-refractivity contribution in [1.29, 1.82) is 0 Å². The molecule has 0 fully saturated rings. The lowest BCUT2D eigenvalue weighted by Gasteiger charge is -2.18. The van der Waals surface area contributed by atoms with E-state index in [2.05, 4.69) is 175 Å². The molecule has 9 aromatic carbocycles. The first-order chi connectivity index (χ1) is 25.8. The highest BCUT2D eigenvalue weighted by Gasteiger charge is 2.20. The molecule has 2 heterocycles. The first-order valence-corrected chi connectivity index (χ1v) is 18.0. The summed E-state index contributed by atoms with van der Waals surface area (Å²) in [7, 11) is 0. The zero-order valence-electron chi connectivity index (χ0n) is 28.6. The summed E-state index contributed by atoms with van der Waals surface area (Å²) >= 11 is 0. The van der Waals surface area contributed by atoms with Gasteiger partial charge in [-0.15, -0.1) is 0 Å². The van der Waals surface area contributed by atoms with E-state index >= 15 is 0 Å². The minimum atomic E-state index is 0.861. The largest absolute Gasteiger partial charge is 0.455 e. The highest BCUT2D eigenvalue weighted by molar-refractivity contribution is 6.31. The van der Waals surface area contributed by atoms with Gasteiger partial charge in [0, 0.05) is 28.3 Å². The predicted molar refractivity (Wildman–Crippen MR) is 219 cm³/mol. The van der Waals surface area contributed by atoms with Crippen molar-refractivity contribution in [2.75, 3.05) is 0 Å². The minimum Gasteiger partial charge on any atom is -0.455 e. The van der Waals surface area contributed by atoms with E-state index in [4.69, 9.17) is 9.40 Å². The highest BCUT2D eigenvalue weighted by Crippen LogP contribution is 2.46. The number of furan rings is 1. The Morgan fingerprint density at radius 1 is 0.481 bits per heavy atom. The Morgan fingerprint density at radius 2 is 1.00 bits per heavy atom. The lowest BCUT2D eigenvalue weighted by molar-refractivity contribution is 0.673. The number of hydrogen-bond acceptors (Lipinski definition) is 2. The molecule has 3 heteroatoms. The van der Waals surface area contributed by atoms with Gasteiger partial charge in [-0.05, 0) is 96.4 Å². The van der Waals surface area contributed by atoms with Crippen LogP contribution in [0.4, 0.5) is 0 Å². The Labute approximate surface area is 300 Å². The summed E-state index contributed by atoms with van der Waals surface area (Å²) in [5.74, 6) is 1.07. The molecule has 2 aromatic heterocycles. The number of hydrogen-bond donors (Lipinski definition) is 0. The van der Waals surface area contributed by atoms with Crippen LogP contribution < -0.4 is 0 Å². The van der Waals surface area contributed by atoms with E-state index in [1.54, 1.807) is 0 Å². The average molecular weight is 665 g/mol. The standard InChI is InChI=1S/C49H32N2O/c1-2-45-50-42-21-11-12-22-43(42)51(45)32-26-23-30(24-27-32)46-36-16-6-8-18-38(36)47(39-19-9-7-17-37(39)46)31-25-28-44-41(29-31)48-35-15-5-3-13-33(35)34-14-4-10-20-40(34)49(48)52-44/h3-29H,2H2,1H3. The SMILES string of the molecule is CCc1nc2ccccc2n1-c1ccc(-c2c3ccccc3c(-c3ccc4oc5c6ccccc6c6ccccc6c5c4c3)c3ccccc23)cc1. The van der Waals surface area contributed by atoms with Gasteiger partial charge < -0.3 is 4.42 Å². The smallest absolute Gasteiger partial charge is 0.143 e. The van der Waals surface area contributed by atoms with E-state index in [9.17, 15) is 0 Å².